The average Bonchev–Trinajstić information content (AvgIpc) is 1.88. The van der Waals surface area contributed by atoms with Crippen LogP contribution in [0.15, 0.2) is 11.0 Å². The van der Waals surface area contributed by atoms with Crippen molar-refractivity contribution in [3.63, 3.8) is 0 Å². The van der Waals surface area contributed by atoms with Gasteiger partial charge in [0.2, 0.25) is 0 Å². The molecule has 0 aromatic carbocycles. The molecule has 0 aromatic rings. The van der Waals surface area contributed by atoms with Gasteiger partial charge in [0.1, 0.15) is 0 Å². The molecule has 0 radical (unpaired) electrons. The Morgan fingerprint density at radius 3 is 2.60 bits per heavy atom. The van der Waals surface area contributed by atoms with E-state index in [1.165, 1.54) is 6.26 Å². The van der Waals surface area contributed by atoms with Gasteiger partial charge in [-0.1, -0.05) is 6.08 Å². The van der Waals surface area contributed by atoms with Crippen LogP contribution < -0.4 is 5.32 Å². The van der Waals surface area contributed by atoms with E-state index in [4.69, 9.17) is 0 Å². The van der Waals surface area contributed by atoms with Gasteiger partial charge in [-0.3, -0.25) is 9.11 Å². The molecule has 0 fully saturated rings. The highest BCUT2D eigenvalue weighted by atomic mass is 32.3. The van der Waals surface area contributed by atoms with Gasteiger partial charge in [0, 0.05) is 24.3 Å². The van der Waals surface area contributed by atoms with Crippen molar-refractivity contribution in [2.75, 3.05) is 19.3 Å². The summed E-state index contributed by atoms with van der Waals surface area (Å²) in [5, 5.41) is 3.10. The lowest BCUT2D eigenvalue weighted by molar-refractivity contribution is 0.499. The second kappa shape index (κ2) is 2.92. The minimum Gasteiger partial charge on any atom is -0.313 e. The first-order valence-electron chi connectivity index (χ1n) is 3.24. The maximum absolute atomic E-state index is 9.19. The highest BCUT2D eigenvalue weighted by molar-refractivity contribution is 8.27. The van der Waals surface area contributed by atoms with Crippen molar-refractivity contribution in [1.29, 1.82) is 0 Å². The minimum atomic E-state index is -2.40. The molecule has 1 aliphatic heterocycles. The van der Waals surface area contributed by atoms with Crippen LogP contribution in [0, 0.1) is 0 Å². The topological polar surface area (TPSA) is 52.5 Å². The van der Waals surface area contributed by atoms with Crippen LogP contribution in [0.3, 0.4) is 0 Å². The largest absolute Gasteiger partial charge is 0.313 e. The molecule has 0 spiro atoms. The molecule has 3 N–H and O–H groups in total. The zero-order valence-corrected chi connectivity index (χ0v) is 6.82. The highest BCUT2D eigenvalue weighted by Crippen LogP contribution is 2.45. The maximum Gasteiger partial charge on any atom is 0.0340 e. The van der Waals surface area contributed by atoms with Gasteiger partial charge in [0.15, 0.2) is 0 Å². The summed E-state index contributed by atoms with van der Waals surface area (Å²) in [7, 11) is -2.40. The third kappa shape index (κ3) is 1.98. The lowest BCUT2D eigenvalue weighted by Gasteiger charge is -2.31. The summed E-state index contributed by atoms with van der Waals surface area (Å²) in [6, 6.07) is 0. The molecule has 0 aromatic heterocycles. The van der Waals surface area contributed by atoms with Crippen molar-refractivity contribution in [2.24, 2.45) is 0 Å². The van der Waals surface area contributed by atoms with Gasteiger partial charge in [0.05, 0.1) is 0 Å². The normalized spacial score (nSPS) is 22.1. The summed E-state index contributed by atoms with van der Waals surface area (Å²) in [5.74, 6) is 0. The lowest BCUT2D eigenvalue weighted by Crippen LogP contribution is -2.22. The Hall–Kier alpha value is -0.0300. The fraction of sp³-hybridized carbons (Fsp3) is 0.667. The predicted molar refractivity (Wildman–Crippen MR) is 44.3 cm³/mol. The molecule has 0 bridgehead atoms. The first kappa shape index (κ1) is 8.07. The van der Waals surface area contributed by atoms with Gasteiger partial charge in [-0.25, -0.2) is 0 Å². The van der Waals surface area contributed by atoms with Gasteiger partial charge in [0.25, 0.3) is 0 Å². The SMILES string of the molecule is CS(O)(O)C1=CCNCC1. The Kier molecular flexibility index (Phi) is 2.36. The number of hydrogen-bond donors (Lipinski definition) is 3. The first-order valence-corrected chi connectivity index (χ1v) is 5.19. The van der Waals surface area contributed by atoms with Crippen LogP contribution in [-0.4, -0.2) is 28.5 Å². The molecule has 10 heavy (non-hydrogen) atoms. The third-order valence-electron chi connectivity index (χ3n) is 1.52. The molecule has 0 unspecified atom stereocenters. The van der Waals surface area contributed by atoms with Crippen molar-refractivity contribution < 1.29 is 9.11 Å². The Balaban J connectivity index is 2.62. The van der Waals surface area contributed by atoms with E-state index in [9.17, 15) is 9.11 Å². The fourth-order valence-corrected chi connectivity index (χ4v) is 1.84. The Bertz CT molecular complexity index is 150. The maximum atomic E-state index is 9.19. The molecule has 1 aliphatic rings. The molecule has 60 valence electrons. The van der Waals surface area contributed by atoms with Gasteiger partial charge in [-0.05, 0) is 6.42 Å². The third-order valence-corrected chi connectivity index (χ3v) is 2.88. The Morgan fingerprint density at radius 1 is 1.60 bits per heavy atom. The van der Waals surface area contributed by atoms with Gasteiger partial charge < -0.3 is 5.32 Å². The molecule has 0 saturated carbocycles. The summed E-state index contributed by atoms with van der Waals surface area (Å²) in [4.78, 5) is 0.797. The van der Waals surface area contributed by atoms with Gasteiger partial charge in [-0.15, -0.1) is 0 Å². The average molecular weight is 163 g/mol. The van der Waals surface area contributed by atoms with Crippen molar-refractivity contribution in [1.82, 2.24) is 5.32 Å². The van der Waals surface area contributed by atoms with E-state index in [0.717, 1.165) is 24.4 Å². The fourth-order valence-electron chi connectivity index (χ4n) is 0.953. The summed E-state index contributed by atoms with van der Waals surface area (Å²) in [6.07, 6.45) is 4.10. The van der Waals surface area contributed by atoms with Crippen LogP contribution in [0.25, 0.3) is 0 Å². The molecule has 0 aliphatic carbocycles. The highest BCUT2D eigenvalue weighted by Gasteiger charge is 2.13. The van der Waals surface area contributed by atoms with E-state index in [-0.39, 0.29) is 0 Å². The molecule has 4 heteroatoms. The van der Waals surface area contributed by atoms with Crippen LogP contribution in [0.5, 0.6) is 0 Å². The molecular weight excluding hydrogens is 150 g/mol. The van der Waals surface area contributed by atoms with Crippen LogP contribution in [0.4, 0.5) is 0 Å². The minimum absolute atomic E-state index is 0.763. The molecule has 0 saturated heterocycles. The van der Waals surface area contributed by atoms with Crippen LogP contribution in [0.1, 0.15) is 6.42 Å². The summed E-state index contributed by atoms with van der Waals surface area (Å²) >= 11 is 0. The number of nitrogens with one attached hydrogen (secondary N) is 1. The number of hydrogen-bond acceptors (Lipinski definition) is 3. The van der Waals surface area contributed by atoms with E-state index < -0.39 is 10.6 Å². The van der Waals surface area contributed by atoms with Crippen molar-refractivity contribution >= 4 is 10.6 Å². The summed E-state index contributed by atoms with van der Waals surface area (Å²) in [6.45, 7) is 1.62. The lowest BCUT2D eigenvalue weighted by atomic mass is 10.3. The van der Waals surface area contributed by atoms with E-state index in [0.29, 0.717) is 0 Å². The van der Waals surface area contributed by atoms with Crippen LogP contribution in [-0.2, 0) is 0 Å². The van der Waals surface area contributed by atoms with E-state index >= 15 is 0 Å². The van der Waals surface area contributed by atoms with Crippen molar-refractivity contribution in [3.05, 3.63) is 11.0 Å². The smallest absolute Gasteiger partial charge is 0.0340 e. The molecule has 0 atom stereocenters. The van der Waals surface area contributed by atoms with E-state index in [1.807, 2.05) is 6.08 Å². The number of rotatable bonds is 1. The Morgan fingerprint density at radius 2 is 2.30 bits per heavy atom. The van der Waals surface area contributed by atoms with Gasteiger partial charge >= 0.3 is 0 Å². The van der Waals surface area contributed by atoms with Crippen molar-refractivity contribution in [2.45, 2.75) is 6.42 Å². The van der Waals surface area contributed by atoms with Gasteiger partial charge in [-0.2, -0.15) is 10.6 Å². The molecule has 1 heterocycles. The zero-order valence-electron chi connectivity index (χ0n) is 6.00. The molecule has 0 amide bonds. The van der Waals surface area contributed by atoms with Crippen LogP contribution in [0.2, 0.25) is 0 Å². The van der Waals surface area contributed by atoms with E-state index in [2.05, 4.69) is 5.32 Å². The summed E-state index contributed by atoms with van der Waals surface area (Å²) in [5.41, 5.74) is 0. The van der Waals surface area contributed by atoms with Crippen molar-refractivity contribution in [3.8, 4) is 0 Å². The standard InChI is InChI=1S/C6H13NO2S/c1-10(8,9)6-2-4-7-5-3-6/h2,7-9H,3-5H2,1H3. The van der Waals surface area contributed by atoms with Crippen LogP contribution >= 0.6 is 10.6 Å². The Labute approximate surface area is 62.5 Å². The molecule has 1 rings (SSSR count). The predicted octanol–water partition coefficient (Wildman–Crippen LogP) is 1.24. The molecule has 3 nitrogen and oxygen atoms in total. The quantitative estimate of drug-likeness (QED) is 0.545. The second-order valence-corrected chi connectivity index (χ2v) is 4.65. The monoisotopic (exact) mass is 163 g/mol. The molecular formula is C6H13NO2S. The second-order valence-electron chi connectivity index (χ2n) is 2.46. The zero-order chi connectivity index (χ0) is 7.61. The summed E-state index contributed by atoms with van der Waals surface area (Å²) < 4.78 is 18.4. The first-order chi connectivity index (χ1) is 4.61. The van der Waals surface area contributed by atoms with E-state index in [1.54, 1.807) is 0 Å².